The first-order valence-electron chi connectivity index (χ1n) is 11.6. The number of carbonyl (C=O) groups is 2. The molecule has 0 spiro atoms. The van der Waals surface area contributed by atoms with Crippen molar-refractivity contribution in [1.82, 2.24) is 10.7 Å². The Morgan fingerprint density at radius 3 is 2.22 bits per heavy atom. The van der Waals surface area contributed by atoms with Crippen LogP contribution in [0.1, 0.15) is 35.3 Å². The number of para-hydroxylation sites is 1. The molecule has 0 fully saturated rings. The van der Waals surface area contributed by atoms with Gasteiger partial charge in [0.15, 0.2) is 6.61 Å². The Balaban J connectivity index is 1.53. The highest BCUT2D eigenvalue weighted by Gasteiger charge is 2.17. The van der Waals surface area contributed by atoms with Crippen LogP contribution in [0.3, 0.4) is 0 Å². The van der Waals surface area contributed by atoms with Crippen molar-refractivity contribution >= 4 is 33.7 Å². The van der Waals surface area contributed by atoms with Crippen LogP contribution in [0.4, 0.5) is 5.69 Å². The summed E-state index contributed by atoms with van der Waals surface area (Å²) in [7, 11) is -3.49. The van der Waals surface area contributed by atoms with E-state index in [9.17, 15) is 18.0 Å². The van der Waals surface area contributed by atoms with E-state index < -0.39 is 15.9 Å². The van der Waals surface area contributed by atoms with Gasteiger partial charge in [-0.2, -0.15) is 5.10 Å². The fourth-order valence-electron chi connectivity index (χ4n) is 3.31. The van der Waals surface area contributed by atoms with Gasteiger partial charge in [-0.3, -0.25) is 13.9 Å². The number of ether oxygens (including phenoxy) is 1. The third kappa shape index (κ3) is 8.76. The summed E-state index contributed by atoms with van der Waals surface area (Å²) in [5, 5.41) is 6.73. The number of amides is 2. The average molecular weight is 523 g/mol. The molecule has 0 saturated carbocycles. The smallest absolute Gasteiger partial charge is 0.271 e. The number of hydrazone groups is 1. The zero-order valence-corrected chi connectivity index (χ0v) is 21.7. The molecule has 10 heteroatoms. The van der Waals surface area contributed by atoms with E-state index in [1.54, 1.807) is 72.8 Å². The lowest BCUT2D eigenvalue weighted by atomic mass is 10.1. The summed E-state index contributed by atoms with van der Waals surface area (Å²) >= 11 is 0. The van der Waals surface area contributed by atoms with Crippen LogP contribution in [0.25, 0.3) is 0 Å². The van der Waals surface area contributed by atoms with Crippen molar-refractivity contribution in [2.45, 2.75) is 26.4 Å². The Bertz CT molecular complexity index is 1320. The molecular weight excluding hydrogens is 492 g/mol. The lowest BCUT2D eigenvalue weighted by Gasteiger charge is -2.22. The van der Waals surface area contributed by atoms with Crippen LogP contribution in [0.15, 0.2) is 84.0 Å². The van der Waals surface area contributed by atoms with Gasteiger partial charge in [0, 0.05) is 11.6 Å². The summed E-state index contributed by atoms with van der Waals surface area (Å²) in [6.45, 7) is 3.83. The largest absolute Gasteiger partial charge is 0.484 e. The highest BCUT2D eigenvalue weighted by atomic mass is 32.2. The second-order valence-electron chi connectivity index (χ2n) is 8.58. The molecule has 0 radical (unpaired) electrons. The number of nitrogens with one attached hydrogen (secondary N) is 2. The van der Waals surface area contributed by atoms with Crippen LogP contribution < -0.4 is 19.8 Å². The Labute approximate surface area is 217 Å². The predicted molar refractivity (Wildman–Crippen MR) is 144 cm³/mol. The van der Waals surface area contributed by atoms with Crippen LogP contribution in [-0.2, 0) is 21.4 Å². The first kappa shape index (κ1) is 27.4. The second kappa shape index (κ2) is 12.7. The molecule has 0 aliphatic rings. The molecule has 0 aliphatic heterocycles. The minimum absolute atomic E-state index is 0.0488. The first-order chi connectivity index (χ1) is 17.6. The molecule has 0 saturated heterocycles. The summed E-state index contributed by atoms with van der Waals surface area (Å²) in [6.07, 6.45) is 2.65. The molecule has 0 aliphatic carbocycles. The Hall–Kier alpha value is -4.18. The molecule has 3 rings (SSSR count). The van der Waals surface area contributed by atoms with E-state index in [1.807, 2.05) is 19.9 Å². The van der Waals surface area contributed by atoms with Crippen LogP contribution in [-0.4, -0.2) is 45.4 Å². The summed E-state index contributed by atoms with van der Waals surface area (Å²) in [4.78, 5) is 24.1. The van der Waals surface area contributed by atoms with Gasteiger partial charge < -0.3 is 10.1 Å². The second-order valence-corrected chi connectivity index (χ2v) is 10.5. The number of hydrogen-bond donors (Lipinski definition) is 2. The third-order valence-corrected chi connectivity index (χ3v) is 6.21. The number of sulfonamides is 1. The number of anilines is 1. The molecule has 3 aromatic rings. The molecule has 2 amide bonds. The average Bonchev–Trinajstić information content (AvgIpc) is 2.86. The first-order valence-corrected chi connectivity index (χ1v) is 13.4. The van der Waals surface area contributed by atoms with Crippen molar-refractivity contribution in [3.05, 3.63) is 95.6 Å². The Morgan fingerprint density at radius 2 is 1.62 bits per heavy atom. The predicted octanol–water partition coefficient (Wildman–Crippen LogP) is 3.32. The maximum absolute atomic E-state index is 12.4. The Morgan fingerprint density at radius 1 is 0.973 bits per heavy atom. The zero-order valence-electron chi connectivity index (χ0n) is 20.9. The van der Waals surface area contributed by atoms with Crippen molar-refractivity contribution in [3.8, 4) is 5.75 Å². The van der Waals surface area contributed by atoms with Gasteiger partial charge in [-0.15, -0.1) is 0 Å². The van der Waals surface area contributed by atoms with Crippen molar-refractivity contribution in [3.63, 3.8) is 0 Å². The van der Waals surface area contributed by atoms with E-state index >= 15 is 0 Å². The number of rotatable bonds is 11. The molecular formula is C27H30N4O5S. The van der Waals surface area contributed by atoms with E-state index in [-0.39, 0.29) is 25.1 Å². The van der Waals surface area contributed by atoms with Gasteiger partial charge in [-0.1, -0.05) is 30.3 Å². The summed E-state index contributed by atoms with van der Waals surface area (Å²) in [5.41, 5.74) is 4.89. The SMILES string of the molecule is CC(C)NC(=O)COc1ccc(/C=N\NC(=O)c2ccc(CN(c3ccccc3)S(C)(=O)=O)cc2)cc1. The van der Waals surface area contributed by atoms with E-state index in [0.29, 0.717) is 17.0 Å². The van der Waals surface area contributed by atoms with Crippen LogP contribution in [0.5, 0.6) is 5.75 Å². The van der Waals surface area contributed by atoms with Crippen LogP contribution in [0.2, 0.25) is 0 Å². The molecule has 0 unspecified atom stereocenters. The summed E-state index contributed by atoms with van der Waals surface area (Å²) < 4.78 is 31.3. The lowest BCUT2D eigenvalue weighted by Crippen LogP contribution is -2.34. The Kier molecular flexibility index (Phi) is 9.39. The highest BCUT2D eigenvalue weighted by molar-refractivity contribution is 7.92. The van der Waals surface area contributed by atoms with Crippen LogP contribution >= 0.6 is 0 Å². The highest BCUT2D eigenvalue weighted by Crippen LogP contribution is 2.20. The molecule has 9 nitrogen and oxygen atoms in total. The molecule has 3 aromatic carbocycles. The summed E-state index contributed by atoms with van der Waals surface area (Å²) in [5.74, 6) is -0.0517. The van der Waals surface area contributed by atoms with Gasteiger partial charge >= 0.3 is 0 Å². The van der Waals surface area contributed by atoms with Gasteiger partial charge in [-0.25, -0.2) is 13.8 Å². The standard InChI is InChI=1S/C27H30N4O5S/c1-20(2)29-26(32)19-36-25-15-11-21(12-16-25)17-28-30-27(33)23-13-9-22(10-14-23)18-31(37(3,34)35)24-7-5-4-6-8-24/h4-17,20H,18-19H2,1-3H3,(H,29,32)(H,30,33)/b28-17-. The van der Waals surface area contributed by atoms with Gasteiger partial charge in [-0.05, 0) is 73.5 Å². The number of hydrogen-bond acceptors (Lipinski definition) is 6. The van der Waals surface area contributed by atoms with Crippen LogP contribution in [0, 0.1) is 0 Å². The van der Waals surface area contributed by atoms with Crippen molar-refractivity contribution in [1.29, 1.82) is 0 Å². The maximum Gasteiger partial charge on any atom is 0.271 e. The monoisotopic (exact) mass is 522 g/mol. The van der Waals surface area contributed by atoms with Gasteiger partial charge in [0.1, 0.15) is 5.75 Å². The van der Waals surface area contributed by atoms with Gasteiger partial charge in [0.05, 0.1) is 24.7 Å². The number of benzene rings is 3. The molecule has 0 atom stereocenters. The zero-order chi connectivity index (χ0) is 26.8. The normalized spacial score (nSPS) is 11.4. The molecule has 0 bridgehead atoms. The topological polar surface area (TPSA) is 117 Å². The molecule has 2 N–H and O–H groups in total. The minimum atomic E-state index is -3.49. The molecule has 194 valence electrons. The third-order valence-electron chi connectivity index (χ3n) is 5.07. The lowest BCUT2D eigenvalue weighted by molar-refractivity contribution is -0.123. The van der Waals surface area contributed by atoms with Gasteiger partial charge in [0.25, 0.3) is 11.8 Å². The minimum Gasteiger partial charge on any atom is -0.484 e. The maximum atomic E-state index is 12.4. The van der Waals surface area contributed by atoms with E-state index in [2.05, 4.69) is 15.8 Å². The van der Waals surface area contributed by atoms with Crippen molar-refractivity contribution < 1.29 is 22.7 Å². The van der Waals surface area contributed by atoms with E-state index in [1.165, 1.54) is 10.5 Å². The van der Waals surface area contributed by atoms with Crippen molar-refractivity contribution in [2.24, 2.45) is 5.10 Å². The molecule has 0 heterocycles. The number of carbonyl (C=O) groups excluding carboxylic acids is 2. The number of nitrogens with zero attached hydrogens (tertiary/aromatic N) is 2. The fourth-order valence-corrected chi connectivity index (χ4v) is 4.20. The van der Waals surface area contributed by atoms with Gasteiger partial charge in [0.2, 0.25) is 10.0 Å². The van der Waals surface area contributed by atoms with E-state index in [0.717, 1.165) is 17.4 Å². The van der Waals surface area contributed by atoms with Crippen molar-refractivity contribution in [2.75, 3.05) is 17.2 Å². The molecule has 37 heavy (non-hydrogen) atoms. The quantitative estimate of drug-likeness (QED) is 0.296. The summed E-state index contributed by atoms with van der Waals surface area (Å²) in [6, 6.07) is 22.5. The van der Waals surface area contributed by atoms with E-state index in [4.69, 9.17) is 4.74 Å². The molecule has 0 aromatic heterocycles. The fraction of sp³-hybridized carbons (Fsp3) is 0.222.